The number of hydrogen-bond acceptors (Lipinski definition) is 5. The van der Waals surface area contributed by atoms with E-state index in [4.69, 9.17) is 4.74 Å². The summed E-state index contributed by atoms with van der Waals surface area (Å²) < 4.78 is 5.37. The van der Waals surface area contributed by atoms with E-state index in [0.29, 0.717) is 12.0 Å². The summed E-state index contributed by atoms with van der Waals surface area (Å²) in [7, 11) is 0. The number of alkyl carbamates (subject to hydrolysis) is 1. The van der Waals surface area contributed by atoms with Gasteiger partial charge in [0.1, 0.15) is 17.7 Å². The maximum atomic E-state index is 13.9. The number of amides is 3. The van der Waals surface area contributed by atoms with Gasteiger partial charge in [-0.05, 0) is 71.1 Å². The van der Waals surface area contributed by atoms with Crippen molar-refractivity contribution in [2.45, 2.75) is 85.0 Å². The van der Waals surface area contributed by atoms with Gasteiger partial charge in [0.25, 0.3) is 0 Å². The van der Waals surface area contributed by atoms with Crippen molar-refractivity contribution < 1.29 is 24.2 Å². The largest absolute Gasteiger partial charge is 0.444 e. The summed E-state index contributed by atoms with van der Waals surface area (Å²) in [6.45, 7) is 18.0. The first-order chi connectivity index (χ1) is 16.1. The SMILES string of the molecule is C=Cc1cccc(C(C(=O)NC(C)(C)C)N(CCO)C(=O)C(CC(C)C)NC(=O)OC(C)(C)C)c1. The van der Waals surface area contributed by atoms with Crippen molar-refractivity contribution in [2.24, 2.45) is 5.92 Å². The molecule has 8 nitrogen and oxygen atoms in total. The lowest BCUT2D eigenvalue weighted by atomic mass is 9.97. The second-order valence-corrected chi connectivity index (χ2v) is 11.1. The first kappa shape index (κ1) is 30.2. The van der Waals surface area contributed by atoms with Gasteiger partial charge in [-0.3, -0.25) is 9.59 Å². The fourth-order valence-corrected chi connectivity index (χ4v) is 3.58. The molecule has 0 aliphatic carbocycles. The van der Waals surface area contributed by atoms with E-state index < -0.39 is 35.2 Å². The first-order valence-corrected chi connectivity index (χ1v) is 12.0. The van der Waals surface area contributed by atoms with Crippen molar-refractivity contribution in [3.63, 3.8) is 0 Å². The summed E-state index contributed by atoms with van der Waals surface area (Å²) >= 11 is 0. The van der Waals surface area contributed by atoms with Crippen molar-refractivity contribution in [3.8, 4) is 0 Å². The molecule has 0 bridgehead atoms. The molecule has 0 heterocycles. The highest BCUT2D eigenvalue weighted by atomic mass is 16.6. The second kappa shape index (κ2) is 12.7. The van der Waals surface area contributed by atoms with Crippen molar-refractivity contribution in [3.05, 3.63) is 42.0 Å². The Bertz CT molecular complexity index is 884. The zero-order valence-electron chi connectivity index (χ0n) is 22.5. The van der Waals surface area contributed by atoms with Crippen LogP contribution < -0.4 is 10.6 Å². The van der Waals surface area contributed by atoms with E-state index in [1.807, 2.05) is 40.7 Å². The van der Waals surface area contributed by atoms with Crippen LogP contribution in [0, 0.1) is 5.92 Å². The number of hydrogen-bond donors (Lipinski definition) is 3. The Morgan fingerprint density at radius 3 is 2.26 bits per heavy atom. The standard InChI is InChI=1S/C27H43N3O5/c1-10-19-12-11-13-20(17-19)22(23(32)29-26(4,5)6)30(14-15-31)24(33)21(16-18(2)3)28-25(34)35-27(7,8)9/h10-13,17-18,21-22,31H,1,14-16H2,2-9H3,(H,28,34)(H,29,32). The normalized spacial score (nSPS) is 13.5. The lowest BCUT2D eigenvalue weighted by Gasteiger charge is -2.36. The average Bonchev–Trinajstić information content (AvgIpc) is 2.69. The summed E-state index contributed by atoms with van der Waals surface area (Å²) in [6.07, 6.45) is 1.27. The van der Waals surface area contributed by atoms with Gasteiger partial charge in [-0.1, -0.05) is 44.7 Å². The van der Waals surface area contributed by atoms with Gasteiger partial charge >= 0.3 is 6.09 Å². The first-order valence-electron chi connectivity index (χ1n) is 12.0. The van der Waals surface area contributed by atoms with E-state index in [1.54, 1.807) is 45.0 Å². The third-order valence-electron chi connectivity index (χ3n) is 4.84. The Kier molecular flexibility index (Phi) is 11.0. The number of nitrogens with one attached hydrogen (secondary N) is 2. The van der Waals surface area contributed by atoms with Gasteiger partial charge in [0.15, 0.2) is 0 Å². The van der Waals surface area contributed by atoms with Gasteiger partial charge in [-0.15, -0.1) is 0 Å². The highest BCUT2D eigenvalue weighted by Gasteiger charge is 2.37. The molecule has 0 aliphatic rings. The molecule has 2 unspecified atom stereocenters. The highest BCUT2D eigenvalue weighted by Crippen LogP contribution is 2.26. The Morgan fingerprint density at radius 1 is 1.14 bits per heavy atom. The number of nitrogens with zero attached hydrogens (tertiary/aromatic N) is 1. The smallest absolute Gasteiger partial charge is 0.408 e. The molecule has 1 rings (SSSR count). The zero-order chi connectivity index (χ0) is 27.0. The number of carbonyl (C=O) groups is 3. The van der Waals surface area contributed by atoms with Gasteiger partial charge in [0, 0.05) is 12.1 Å². The molecule has 35 heavy (non-hydrogen) atoms. The van der Waals surface area contributed by atoms with E-state index in [0.717, 1.165) is 5.56 Å². The summed E-state index contributed by atoms with van der Waals surface area (Å²) in [5.41, 5.74) is 0.0796. The van der Waals surface area contributed by atoms with Crippen LogP contribution >= 0.6 is 0 Å². The zero-order valence-corrected chi connectivity index (χ0v) is 22.5. The van der Waals surface area contributed by atoms with Crippen LogP contribution in [0.25, 0.3) is 6.08 Å². The quantitative estimate of drug-likeness (QED) is 0.460. The molecule has 1 aromatic carbocycles. The lowest BCUT2D eigenvalue weighted by Crippen LogP contribution is -2.55. The van der Waals surface area contributed by atoms with E-state index in [-0.39, 0.29) is 25.0 Å². The maximum absolute atomic E-state index is 13.9. The molecule has 2 atom stereocenters. The minimum absolute atomic E-state index is 0.0702. The van der Waals surface area contributed by atoms with Crippen LogP contribution in [0.2, 0.25) is 0 Å². The fraction of sp³-hybridized carbons (Fsp3) is 0.593. The van der Waals surface area contributed by atoms with Crippen LogP contribution in [0.15, 0.2) is 30.8 Å². The molecular weight excluding hydrogens is 446 g/mol. The second-order valence-electron chi connectivity index (χ2n) is 11.1. The molecule has 3 amide bonds. The van der Waals surface area contributed by atoms with E-state index in [2.05, 4.69) is 17.2 Å². The molecule has 8 heteroatoms. The van der Waals surface area contributed by atoms with E-state index in [1.165, 1.54) is 4.90 Å². The number of ether oxygens (including phenoxy) is 1. The maximum Gasteiger partial charge on any atom is 0.408 e. The third kappa shape index (κ3) is 10.5. The van der Waals surface area contributed by atoms with Gasteiger partial charge in [0.2, 0.25) is 11.8 Å². The topological polar surface area (TPSA) is 108 Å². The van der Waals surface area contributed by atoms with Crippen LogP contribution in [0.4, 0.5) is 4.79 Å². The van der Waals surface area contributed by atoms with Crippen molar-refractivity contribution in [1.82, 2.24) is 15.5 Å². The molecule has 0 fully saturated rings. The summed E-state index contributed by atoms with van der Waals surface area (Å²) in [4.78, 5) is 41.2. The fourth-order valence-electron chi connectivity index (χ4n) is 3.58. The molecule has 0 radical (unpaired) electrons. The predicted octanol–water partition coefficient (Wildman–Crippen LogP) is 4.05. The average molecular weight is 490 g/mol. The number of benzene rings is 1. The minimum atomic E-state index is -1.02. The molecule has 0 aliphatic heterocycles. The predicted molar refractivity (Wildman–Crippen MR) is 139 cm³/mol. The van der Waals surface area contributed by atoms with Crippen LogP contribution in [0.5, 0.6) is 0 Å². The van der Waals surface area contributed by atoms with E-state index in [9.17, 15) is 19.5 Å². The number of aliphatic hydroxyl groups is 1. The van der Waals surface area contributed by atoms with Crippen LogP contribution in [-0.2, 0) is 14.3 Å². The minimum Gasteiger partial charge on any atom is -0.444 e. The number of carbonyl (C=O) groups excluding carboxylic acids is 3. The Labute approximate surface area is 210 Å². The molecule has 0 saturated heterocycles. The van der Waals surface area contributed by atoms with Gasteiger partial charge in [-0.2, -0.15) is 0 Å². The van der Waals surface area contributed by atoms with Crippen LogP contribution in [-0.4, -0.2) is 58.2 Å². The third-order valence-corrected chi connectivity index (χ3v) is 4.84. The summed E-state index contributed by atoms with van der Waals surface area (Å²) in [6, 6.07) is 5.22. The molecule has 3 N–H and O–H groups in total. The monoisotopic (exact) mass is 489 g/mol. The van der Waals surface area contributed by atoms with E-state index >= 15 is 0 Å². The van der Waals surface area contributed by atoms with Crippen molar-refractivity contribution >= 4 is 24.0 Å². The molecule has 0 saturated carbocycles. The van der Waals surface area contributed by atoms with Gasteiger partial charge < -0.3 is 25.4 Å². The lowest BCUT2D eigenvalue weighted by molar-refractivity contribution is -0.144. The van der Waals surface area contributed by atoms with Crippen molar-refractivity contribution in [1.29, 1.82) is 0 Å². The highest BCUT2D eigenvalue weighted by molar-refractivity contribution is 5.92. The number of rotatable bonds is 10. The Morgan fingerprint density at radius 2 is 1.77 bits per heavy atom. The number of aliphatic hydroxyl groups excluding tert-OH is 1. The van der Waals surface area contributed by atoms with Crippen molar-refractivity contribution in [2.75, 3.05) is 13.2 Å². The van der Waals surface area contributed by atoms with Gasteiger partial charge in [-0.25, -0.2) is 4.79 Å². The molecule has 196 valence electrons. The Balaban J connectivity index is 3.50. The summed E-state index contributed by atoms with van der Waals surface area (Å²) in [5, 5.41) is 15.5. The van der Waals surface area contributed by atoms with Crippen LogP contribution in [0.1, 0.15) is 79.0 Å². The molecule has 1 aromatic rings. The van der Waals surface area contributed by atoms with Gasteiger partial charge in [0.05, 0.1) is 6.61 Å². The molecular formula is C27H43N3O5. The van der Waals surface area contributed by atoms with Crippen LogP contribution in [0.3, 0.4) is 0 Å². The summed E-state index contributed by atoms with van der Waals surface area (Å²) in [5.74, 6) is -0.793. The molecule has 0 aromatic heterocycles. The molecule has 0 spiro atoms. The Hall–Kier alpha value is -2.87.